The quantitative estimate of drug-likeness (QED) is 0.516. The van der Waals surface area contributed by atoms with Crippen LogP contribution in [0.25, 0.3) is 0 Å². The molecule has 0 amide bonds. The van der Waals surface area contributed by atoms with Crippen LogP contribution < -0.4 is 0 Å². The van der Waals surface area contributed by atoms with Crippen LogP contribution >= 0.6 is 28.6 Å². The summed E-state index contributed by atoms with van der Waals surface area (Å²) in [4.78, 5) is 11.9. The summed E-state index contributed by atoms with van der Waals surface area (Å²) in [5, 5.41) is 9.49. The molecule has 15 heavy (non-hydrogen) atoms. The number of rotatable bonds is 2. The Morgan fingerprint density at radius 1 is 1.67 bits per heavy atom. The summed E-state index contributed by atoms with van der Waals surface area (Å²) in [7, 11) is 1.28. The first-order valence-electron chi connectivity index (χ1n) is 4.05. The average molecular weight is 286 g/mol. The third-order valence-electron chi connectivity index (χ3n) is 1.91. The first-order valence-corrected chi connectivity index (χ1v) is 5.61. The zero-order valence-corrected chi connectivity index (χ0v) is 10.4. The van der Waals surface area contributed by atoms with E-state index < -0.39 is 5.97 Å². The first kappa shape index (κ1) is 12.1. The Hall–Kier alpha value is -0.990. The van der Waals surface area contributed by atoms with Gasteiger partial charge in [-0.25, -0.2) is 4.79 Å². The van der Waals surface area contributed by atoms with Crippen LogP contribution in [0.3, 0.4) is 0 Å². The maximum absolute atomic E-state index is 11.4. The topological polar surface area (TPSA) is 50.1 Å². The van der Waals surface area contributed by atoms with Gasteiger partial charge in [-0.15, -0.1) is 12.6 Å². The molecular formula is C10H8BrNO2S. The number of methoxy groups -OCH3 is 1. The number of carbonyl (C=O) groups excluding carboxylic acids is 1. The van der Waals surface area contributed by atoms with E-state index in [0.717, 1.165) is 5.56 Å². The number of nitrogens with zero attached hydrogens (tertiary/aromatic N) is 1. The second-order valence-electron chi connectivity index (χ2n) is 2.73. The van der Waals surface area contributed by atoms with Crippen molar-refractivity contribution in [3.05, 3.63) is 28.8 Å². The number of esters is 1. The Morgan fingerprint density at radius 2 is 2.33 bits per heavy atom. The van der Waals surface area contributed by atoms with Gasteiger partial charge in [-0.05, 0) is 11.6 Å². The molecular weight excluding hydrogens is 278 g/mol. The second-order valence-corrected chi connectivity index (χ2v) is 3.77. The van der Waals surface area contributed by atoms with E-state index >= 15 is 0 Å². The van der Waals surface area contributed by atoms with Gasteiger partial charge in [-0.1, -0.05) is 22.0 Å². The standard InChI is InChI=1S/C10H8BrNO2S/c1-14-10(13)9-7(5-12)6(4-11)2-3-8(9)15/h2-3,15H,4H2,1H3. The fraction of sp³-hybridized carbons (Fsp3) is 0.200. The van der Waals surface area contributed by atoms with Crippen LogP contribution in [0.2, 0.25) is 0 Å². The van der Waals surface area contributed by atoms with Crippen LogP contribution in [0.15, 0.2) is 17.0 Å². The van der Waals surface area contributed by atoms with Crippen LogP contribution in [0.4, 0.5) is 0 Å². The van der Waals surface area contributed by atoms with E-state index in [9.17, 15) is 4.79 Å². The van der Waals surface area contributed by atoms with Crippen molar-refractivity contribution in [2.24, 2.45) is 0 Å². The predicted molar refractivity (Wildman–Crippen MR) is 62.4 cm³/mol. The second kappa shape index (κ2) is 5.19. The Labute approximate surface area is 102 Å². The Bertz CT molecular complexity index is 440. The summed E-state index contributed by atoms with van der Waals surface area (Å²) < 4.78 is 4.60. The summed E-state index contributed by atoms with van der Waals surface area (Å²) in [5.41, 5.74) is 1.28. The van der Waals surface area contributed by atoms with E-state index in [1.807, 2.05) is 6.07 Å². The van der Waals surface area contributed by atoms with E-state index in [2.05, 4.69) is 33.3 Å². The fourth-order valence-corrected chi connectivity index (χ4v) is 1.93. The fourth-order valence-electron chi connectivity index (χ4n) is 1.18. The molecule has 0 fully saturated rings. The van der Waals surface area contributed by atoms with Crippen LogP contribution in [-0.2, 0) is 10.1 Å². The molecule has 1 aromatic carbocycles. The molecule has 0 heterocycles. The summed E-state index contributed by atoms with van der Waals surface area (Å²) in [6.45, 7) is 0. The van der Waals surface area contributed by atoms with Crippen molar-refractivity contribution in [1.29, 1.82) is 5.26 Å². The predicted octanol–water partition coefficient (Wildman–Crippen LogP) is 2.53. The number of nitriles is 1. The molecule has 0 saturated carbocycles. The van der Waals surface area contributed by atoms with E-state index in [0.29, 0.717) is 15.8 Å². The van der Waals surface area contributed by atoms with Crippen LogP contribution in [0.1, 0.15) is 21.5 Å². The monoisotopic (exact) mass is 285 g/mol. The van der Waals surface area contributed by atoms with Crippen molar-refractivity contribution in [3.8, 4) is 6.07 Å². The van der Waals surface area contributed by atoms with E-state index in [4.69, 9.17) is 5.26 Å². The molecule has 0 N–H and O–H groups in total. The van der Waals surface area contributed by atoms with Gasteiger partial charge in [0.05, 0.1) is 18.2 Å². The number of benzene rings is 1. The first-order chi connectivity index (χ1) is 7.15. The third kappa shape index (κ3) is 2.33. The lowest BCUT2D eigenvalue weighted by molar-refractivity contribution is 0.0596. The van der Waals surface area contributed by atoms with Crippen molar-refractivity contribution < 1.29 is 9.53 Å². The lowest BCUT2D eigenvalue weighted by atomic mass is 10.0. The molecule has 0 atom stereocenters. The van der Waals surface area contributed by atoms with Crippen molar-refractivity contribution in [2.45, 2.75) is 10.2 Å². The number of carbonyl (C=O) groups is 1. The molecule has 0 aliphatic carbocycles. The smallest absolute Gasteiger partial charge is 0.340 e. The maximum atomic E-state index is 11.4. The number of hydrogen-bond donors (Lipinski definition) is 1. The van der Waals surface area contributed by atoms with Gasteiger partial charge in [-0.3, -0.25) is 0 Å². The van der Waals surface area contributed by atoms with Gasteiger partial charge in [0.25, 0.3) is 0 Å². The molecule has 78 valence electrons. The van der Waals surface area contributed by atoms with Crippen LogP contribution in [0, 0.1) is 11.3 Å². The molecule has 0 unspecified atom stereocenters. The average Bonchev–Trinajstić information content (AvgIpc) is 2.27. The summed E-state index contributed by atoms with van der Waals surface area (Å²) in [6, 6.07) is 5.42. The Morgan fingerprint density at radius 3 is 2.80 bits per heavy atom. The van der Waals surface area contributed by atoms with E-state index in [1.165, 1.54) is 7.11 Å². The molecule has 1 aromatic rings. The highest BCUT2D eigenvalue weighted by Crippen LogP contribution is 2.24. The Kier molecular flexibility index (Phi) is 4.18. The van der Waals surface area contributed by atoms with Gasteiger partial charge in [0.1, 0.15) is 6.07 Å². The normalized spacial score (nSPS) is 9.47. The van der Waals surface area contributed by atoms with Gasteiger partial charge in [-0.2, -0.15) is 5.26 Å². The van der Waals surface area contributed by atoms with Crippen LogP contribution in [0.5, 0.6) is 0 Å². The van der Waals surface area contributed by atoms with Gasteiger partial charge >= 0.3 is 5.97 Å². The summed E-state index contributed by atoms with van der Waals surface area (Å²) >= 11 is 7.38. The highest BCUT2D eigenvalue weighted by Gasteiger charge is 2.18. The molecule has 0 spiro atoms. The van der Waals surface area contributed by atoms with Gasteiger partial charge < -0.3 is 4.74 Å². The summed E-state index contributed by atoms with van der Waals surface area (Å²) in [5.74, 6) is -0.542. The maximum Gasteiger partial charge on any atom is 0.340 e. The van der Waals surface area contributed by atoms with Crippen molar-refractivity contribution in [2.75, 3.05) is 7.11 Å². The number of thiol groups is 1. The third-order valence-corrected chi connectivity index (χ3v) is 2.89. The minimum Gasteiger partial charge on any atom is -0.465 e. The Balaban J connectivity index is 3.47. The molecule has 0 saturated heterocycles. The molecule has 3 nitrogen and oxygen atoms in total. The molecule has 0 aliphatic heterocycles. The van der Waals surface area contributed by atoms with Gasteiger partial charge in [0.2, 0.25) is 0 Å². The van der Waals surface area contributed by atoms with Crippen molar-refractivity contribution in [3.63, 3.8) is 0 Å². The zero-order chi connectivity index (χ0) is 11.4. The molecule has 0 bridgehead atoms. The molecule has 5 heteroatoms. The highest BCUT2D eigenvalue weighted by atomic mass is 79.9. The molecule has 0 aliphatic rings. The number of alkyl halides is 1. The van der Waals surface area contributed by atoms with Gasteiger partial charge in [0.15, 0.2) is 0 Å². The largest absolute Gasteiger partial charge is 0.465 e. The van der Waals surface area contributed by atoms with E-state index in [-0.39, 0.29) is 5.56 Å². The lowest BCUT2D eigenvalue weighted by Crippen LogP contribution is -2.07. The minimum absolute atomic E-state index is 0.222. The SMILES string of the molecule is COC(=O)c1c(S)ccc(CBr)c1C#N. The number of ether oxygens (including phenoxy) is 1. The highest BCUT2D eigenvalue weighted by molar-refractivity contribution is 9.08. The van der Waals surface area contributed by atoms with Crippen molar-refractivity contribution >= 4 is 34.5 Å². The molecule has 0 radical (unpaired) electrons. The minimum atomic E-state index is -0.542. The van der Waals surface area contributed by atoms with Crippen LogP contribution in [-0.4, -0.2) is 13.1 Å². The number of hydrogen-bond acceptors (Lipinski definition) is 4. The molecule has 0 aromatic heterocycles. The van der Waals surface area contributed by atoms with Crippen molar-refractivity contribution in [1.82, 2.24) is 0 Å². The zero-order valence-electron chi connectivity index (χ0n) is 7.95. The number of halogens is 1. The van der Waals surface area contributed by atoms with E-state index in [1.54, 1.807) is 12.1 Å². The van der Waals surface area contributed by atoms with Gasteiger partial charge in [0, 0.05) is 10.2 Å². The lowest BCUT2D eigenvalue weighted by Gasteiger charge is -2.08. The summed E-state index contributed by atoms with van der Waals surface area (Å²) in [6.07, 6.45) is 0. The molecule has 1 rings (SSSR count).